The van der Waals surface area contributed by atoms with E-state index in [1.807, 2.05) is 0 Å². The zero-order valence-corrected chi connectivity index (χ0v) is 15.2. The number of nitrogens with two attached hydrogens (primary N) is 1. The smallest absolute Gasteiger partial charge is 0.238 e. The molecule has 0 heterocycles. The molecule has 0 fully saturated rings. The molecule has 2 aromatic rings. The Hall–Kier alpha value is -1.89. The number of aryl methyl sites for hydroxylation is 1. The van der Waals surface area contributed by atoms with Crippen molar-refractivity contribution in [3.8, 4) is 5.75 Å². The summed E-state index contributed by atoms with van der Waals surface area (Å²) in [6, 6.07) is 15.3. The lowest BCUT2D eigenvalue weighted by atomic mass is 9.87. The molecule has 134 valence electrons. The highest BCUT2D eigenvalue weighted by Crippen LogP contribution is 2.33. The zero-order valence-electron chi connectivity index (χ0n) is 14.4. The molecule has 0 aliphatic heterocycles. The first-order chi connectivity index (χ1) is 11.9. The molecule has 6 heteroatoms. The Morgan fingerprint density at radius 3 is 2.60 bits per heavy atom. The number of hydrogen-bond donors (Lipinski definition) is 1. The van der Waals surface area contributed by atoms with Crippen LogP contribution in [0.3, 0.4) is 0 Å². The van der Waals surface area contributed by atoms with Crippen molar-refractivity contribution in [2.24, 2.45) is 5.14 Å². The summed E-state index contributed by atoms with van der Waals surface area (Å²) in [6.45, 7) is 1.35. The van der Waals surface area contributed by atoms with Crippen molar-refractivity contribution in [3.63, 3.8) is 0 Å². The Bertz CT molecular complexity index is 819. The third-order valence-corrected chi connectivity index (χ3v) is 5.66. The number of ether oxygens (including phenoxy) is 1. The van der Waals surface area contributed by atoms with E-state index in [0.29, 0.717) is 18.4 Å². The summed E-state index contributed by atoms with van der Waals surface area (Å²) in [6.07, 6.45) is 3.53. The fourth-order valence-electron chi connectivity index (χ4n) is 3.38. The van der Waals surface area contributed by atoms with E-state index in [1.54, 1.807) is 12.1 Å². The van der Waals surface area contributed by atoms with E-state index >= 15 is 0 Å². The second kappa shape index (κ2) is 7.56. The van der Waals surface area contributed by atoms with Gasteiger partial charge in [0, 0.05) is 12.6 Å². The van der Waals surface area contributed by atoms with Crippen LogP contribution in [0.4, 0.5) is 0 Å². The van der Waals surface area contributed by atoms with Gasteiger partial charge < -0.3 is 4.74 Å². The minimum Gasteiger partial charge on any atom is -0.492 e. The van der Waals surface area contributed by atoms with Gasteiger partial charge in [0.1, 0.15) is 12.4 Å². The monoisotopic (exact) mass is 360 g/mol. The molecule has 0 bridgehead atoms. The molecule has 5 nitrogen and oxygen atoms in total. The van der Waals surface area contributed by atoms with Gasteiger partial charge in [-0.1, -0.05) is 24.3 Å². The van der Waals surface area contributed by atoms with Crippen molar-refractivity contribution >= 4 is 10.0 Å². The summed E-state index contributed by atoms with van der Waals surface area (Å²) < 4.78 is 28.3. The van der Waals surface area contributed by atoms with Gasteiger partial charge in [-0.2, -0.15) is 0 Å². The number of primary sulfonamides is 1. The highest BCUT2D eigenvalue weighted by Gasteiger charge is 2.23. The third kappa shape index (κ3) is 4.39. The number of sulfonamides is 1. The average molecular weight is 360 g/mol. The third-order valence-electron chi connectivity index (χ3n) is 4.73. The highest BCUT2D eigenvalue weighted by atomic mass is 32.2. The van der Waals surface area contributed by atoms with Crippen molar-refractivity contribution in [2.75, 3.05) is 20.2 Å². The molecule has 0 saturated carbocycles. The maximum atomic E-state index is 11.3. The minimum absolute atomic E-state index is 0.0933. The maximum absolute atomic E-state index is 11.3. The summed E-state index contributed by atoms with van der Waals surface area (Å²) in [7, 11) is -1.54. The molecule has 1 aliphatic carbocycles. The molecule has 1 aliphatic rings. The number of rotatable bonds is 6. The van der Waals surface area contributed by atoms with Crippen molar-refractivity contribution in [2.45, 2.75) is 30.2 Å². The van der Waals surface area contributed by atoms with Gasteiger partial charge in [-0.05, 0) is 61.7 Å². The van der Waals surface area contributed by atoms with Crippen LogP contribution in [0.25, 0.3) is 0 Å². The van der Waals surface area contributed by atoms with Gasteiger partial charge in [-0.25, -0.2) is 13.6 Å². The van der Waals surface area contributed by atoms with E-state index in [-0.39, 0.29) is 4.90 Å². The summed E-state index contributed by atoms with van der Waals surface area (Å²) in [5, 5.41) is 5.09. The molecule has 0 amide bonds. The fraction of sp³-hybridized carbons (Fsp3) is 0.368. The van der Waals surface area contributed by atoms with Gasteiger partial charge >= 0.3 is 0 Å². The van der Waals surface area contributed by atoms with Crippen LogP contribution in [-0.2, 0) is 16.4 Å². The van der Waals surface area contributed by atoms with E-state index in [0.717, 1.165) is 19.4 Å². The normalized spacial score (nSPS) is 17.3. The molecule has 1 unspecified atom stereocenters. The lowest BCUT2D eigenvalue weighted by Crippen LogP contribution is -2.31. The first-order valence-corrected chi connectivity index (χ1v) is 10.0. The van der Waals surface area contributed by atoms with Crippen LogP contribution in [0.15, 0.2) is 53.4 Å². The van der Waals surface area contributed by atoms with Gasteiger partial charge in [0.15, 0.2) is 0 Å². The number of likely N-dealkylation sites (N-methyl/N-ethyl adjacent to an activating group) is 1. The summed E-state index contributed by atoms with van der Waals surface area (Å²) in [5.74, 6) is 0.643. The quantitative estimate of drug-likeness (QED) is 0.860. The lowest BCUT2D eigenvalue weighted by Gasteiger charge is -2.33. The van der Waals surface area contributed by atoms with Crippen molar-refractivity contribution in [1.82, 2.24) is 4.90 Å². The van der Waals surface area contributed by atoms with Crippen molar-refractivity contribution in [1.29, 1.82) is 0 Å². The first-order valence-electron chi connectivity index (χ1n) is 8.49. The predicted octanol–water partition coefficient (Wildman–Crippen LogP) is 2.72. The molecular weight excluding hydrogens is 336 g/mol. The van der Waals surface area contributed by atoms with E-state index < -0.39 is 10.0 Å². The molecule has 2 N–H and O–H groups in total. The standard InChI is InChI=1S/C19H24N2O3S/c1-21(19-8-4-6-15-5-2-3-7-18(15)19)13-14-24-16-9-11-17(12-10-16)25(20,22)23/h2-3,5,7,9-12,19H,4,6,8,13-14H2,1H3,(H2,20,22,23). The van der Waals surface area contributed by atoms with Gasteiger partial charge in [-0.3, -0.25) is 4.90 Å². The Balaban J connectivity index is 1.56. The van der Waals surface area contributed by atoms with Gasteiger partial charge in [-0.15, -0.1) is 0 Å². The lowest BCUT2D eigenvalue weighted by molar-refractivity contribution is 0.178. The minimum atomic E-state index is -3.66. The van der Waals surface area contributed by atoms with Crippen LogP contribution in [0.5, 0.6) is 5.75 Å². The van der Waals surface area contributed by atoms with E-state index in [9.17, 15) is 8.42 Å². The Kier molecular flexibility index (Phi) is 5.42. The molecule has 1 atom stereocenters. The SMILES string of the molecule is CN(CCOc1ccc(S(N)(=O)=O)cc1)C1CCCc2ccccc21. The van der Waals surface area contributed by atoms with Gasteiger partial charge in [0.25, 0.3) is 0 Å². The second-order valence-electron chi connectivity index (χ2n) is 6.45. The average Bonchev–Trinajstić information content (AvgIpc) is 2.61. The number of fused-ring (bicyclic) bond motifs is 1. The van der Waals surface area contributed by atoms with Crippen LogP contribution < -0.4 is 9.88 Å². The highest BCUT2D eigenvalue weighted by molar-refractivity contribution is 7.89. The molecular formula is C19H24N2O3S. The van der Waals surface area contributed by atoms with E-state index in [4.69, 9.17) is 9.88 Å². The molecule has 0 saturated heterocycles. The molecule has 3 rings (SSSR count). The second-order valence-corrected chi connectivity index (χ2v) is 8.01. The van der Waals surface area contributed by atoms with E-state index in [2.05, 4.69) is 36.2 Å². The number of hydrogen-bond acceptors (Lipinski definition) is 4. The van der Waals surface area contributed by atoms with Gasteiger partial charge in [0.2, 0.25) is 10.0 Å². The summed E-state index contributed by atoms with van der Waals surface area (Å²) in [5.41, 5.74) is 2.87. The largest absolute Gasteiger partial charge is 0.492 e. The van der Waals surface area contributed by atoms with Crippen molar-refractivity contribution in [3.05, 3.63) is 59.7 Å². The maximum Gasteiger partial charge on any atom is 0.238 e. The van der Waals surface area contributed by atoms with Crippen LogP contribution in [0.1, 0.15) is 30.0 Å². The van der Waals surface area contributed by atoms with E-state index in [1.165, 1.54) is 29.7 Å². The molecule has 2 aromatic carbocycles. The summed E-state index contributed by atoms with van der Waals surface area (Å²) >= 11 is 0. The summed E-state index contributed by atoms with van der Waals surface area (Å²) in [4.78, 5) is 2.42. The molecule has 0 radical (unpaired) electrons. The topological polar surface area (TPSA) is 72.6 Å². The van der Waals surface area contributed by atoms with Crippen LogP contribution in [0, 0.1) is 0 Å². The van der Waals surface area contributed by atoms with Crippen LogP contribution in [-0.4, -0.2) is 33.5 Å². The zero-order chi connectivity index (χ0) is 17.9. The fourth-order valence-corrected chi connectivity index (χ4v) is 3.89. The Morgan fingerprint density at radius 2 is 1.88 bits per heavy atom. The predicted molar refractivity (Wildman–Crippen MR) is 98.1 cm³/mol. The Morgan fingerprint density at radius 1 is 1.16 bits per heavy atom. The van der Waals surface area contributed by atoms with Crippen molar-refractivity contribution < 1.29 is 13.2 Å². The van der Waals surface area contributed by atoms with Crippen LogP contribution in [0.2, 0.25) is 0 Å². The molecule has 25 heavy (non-hydrogen) atoms. The Labute approximate surface area is 149 Å². The number of nitrogens with zero attached hydrogens (tertiary/aromatic N) is 1. The molecule has 0 aromatic heterocycles. The van der Waals surface area contributed by atoms with Crippen LogP contribution >= 0.6 is 0 Å². The first kappa shape index (κ1) is 17.9. The number of benzene rings is 2. The molecule has 0 spiro atoms. The van der Waals surface area contributed by atoms with Gasteiger partial charge in [0.05, 0.1) is 4.90 Å².